The van der Waals surface area contributed by atoms with Crippen LogP contribution in [0.25, 0.3) is 6.08 Å². The lowest BCUT2D eigenvalue weighted by molar-refractivity contribution is -0.385. The maximum Gasteiger partial charge on any atom is 0.273 e. The summed E-state index contributed by atoms with van der Waals surface area (Å²) >= 11 is 0. The molecule has 1 aliphatic rings. The number of ketones is 1. The Morgan fingerprint density at radius 1 is 1.17 bits per heavy atom. The number of nitro benzene ring substituents is 1. The number of rotatable bonds is 3. The van der Waals surface area contributed by atoms with Crippen LogP contribution in [0.2, 0.25) is 0 Å². The van der Waals surface area contributed by atoms with Crippen molar-refractivity contribution in [2.24, 2.45) is 0 Å². The Kier molecular flexibility index (Phi) is 4.06. The van der Waals surface area contributed by atoms with Crippen molar-refractivity contribution in [2.45, 2.75) is 26.2 Å². The molecule has 0 unspecified atom stereocenters. The van der Waals surface area contributed by atoms with E-state index < -0.39 is 0 Å². The predicted molar refractivity (Wildman–Crippen MR) is 89.5 cm³/mol. The van der Waals surface area contributed by atoms with E-state index >= 15 is 0 Å². The summed E-state index contributed by atoms with van der Waals surface area (Å²) in [6.45, 7) is 1.89. The summed E-state index contributed by atoms with van der Waals surface area (Å²) in [6, 6.07) is 12.8. The molecule has 2 aromatic carbocycles. The highest BCUT2D eigenvalue weighted by molar-refractivity contribution is 6.13. The number of carbonyl (C=O) groups is 1. The predicted octanol–water partition coefficient (Wildman–Crippen LogP) is 4.37. The van der Waals surface area contributed by atoms with Gasteiger partial charge in [-0.2, -0.15) is 0 Å². The summed E-state index contributed by atoms with van der Waals surface area (Å²) in [4.78, 5) is 23.4. The first kappa shape index (κ1) is 15.2. The SMILES string of the molecule is CCc1ccc(/C=C2\CCc3ccccc3C2=O)cc1[N+](=O)[O-]. The lowest BCUT2D eigenvalue weighted by Crippen LogP contribution is -2.13. The van der Waals surface area contributed by atoms with Crippen LogP contribution in [0.5, 0.6) is 0 Å². The molecule has 0 spiro atoms. The van der Waals surface area contributed by atoms with Gasteiger partial charge in [-0.25, -0.2) is 0 Å². The van der Waals surface area contributed by atoms with E-state index in [2.05, 4.69) is 0 Å². The second kappa shape index (κ2) is 6.16. The Labute approximate surface area is 134 Å². The first-order valence-electron chi connectivity index (χ1n) is 7.70. The van der Waals surface area contributed by atoms with E-state index in [0.717, 1.165) is 17.5 Å². The maximum atomic E-state index is 12.6. The average Bonchev–Trinajstić information content (AvgIpc) is 2.57. The zero-order valence-electron chi connectivity index (χ0n) is 12.9. The monoisotopic (exact) mass is 307 g/mol. The molecular formula is C19H17NO3. The third-order valence-electron chi connectivity index (χ3n) is 4.25. The Bertz CT molecular complexity index is 821. The number of benzene rings is 2. The van der Waals surface area contributed by atoms with Crippen LogP contribution >= 0.6 is 0 Å². The van der Waals surface area contributed by atoms with Crippen LogP contribution in [0, 0.1) is 10.1 Å². The molecule has 0 amide bonds. The van der Waals surface area contributed by atoms with Crippen molar-refractivity contribution < 1.29 is 9.72 Å². The normalized spacial score (nSPS) is 15.5. The van der Waals surface area contributed by atoms with Gasteiger partial charge >= 0.3 is 0 Å². The highest BCUT2D eigenvalue weighted by atomic mass is 16.6. The summed E-state index contributed by atoms with van der Waals surface area (Å²) in [5, 5.41) is 11.2. The van der Waals surface area contributed by atoms with Crippen LogP contribution in [-0.2, 0) is 12.8 Å². The molecule has 0 bridgehead atoms. The van der Waals surface area contributed by atoms with Crippen LogP contribution < -0.4 is 0 Å². The molecule has 23 heavy (non-hydrogen) atoms. The van der Waals surface area contributed by atoms with Crippen molar-refractivity contribution >= 4 is 17.5 Å². The van der Waals surface area contributed by atoms with E-state index in [1.807, 2.05) is 37.3 Å². The Morgan fingerprint density at radius 2 is 1.96 bits per heavy atom. The lowest BCUT2D eigenvalue weighted by Gasteiger charge is -2.17. The summed E-state index contributed by atoms with van der Waals surface area (Å²) in [6.07, 6.45) is 3.88. The molecule has 3 rings (SSSR count). The number of hydrogen-bond acceptors (Lipinski definition) is 3. The van der Waals surface area contributed by atoms with Gasteiger partial charge in [-0.05, 0) is 36.5 Å². The minimum absolute atomic E-state index is 0.0223. The molecule has 2 aromatic rings. The zero-order chi connectivity index (χ0) is 16.4. The Morgan fingerprint density at radius 3 is 2.70 bits per heavy atom. The Hall–Kier alpha value is -2.75. The van der Waals surface area contributed by atoms with Gasteiger partial charge in [0.05, 0.1) is 4.92 Å². The van der Waals surface area contributed by atoms with Gasteiger partial charge in [0.1, 0.15) is 0 Å². The molecule has 4 heteroatoms. The van der Waals surface area contributed by atoms with Gasteiger partial charge in [0.2, 0.25) is 0 Å². The molecular weight excluding hydrogens is 290 g/mol. The molecule has 4 nitrogen and oxygen atoms in total. The minimum atomic E-state index is -0.362. The second-order valence-electron chi connectivity index (χ2n) is 5.65. The number of allylic oxidation sites excluding steroid dienone is 1. The average molecular weight is 307 g/mol. The molecule has 0 aliphatic heterocycles. The third-order valence-corrected chi connectivity index (χ3v) is 4.25. The van der Waals surface area contributed by atoms with Gasteiger partial charge in [0, 0.05) is 22.8 Å². The molecule has 0 radical (unpaired) electrons. The molecule has 0 N–H and O–H groups in total. The van der Waals surface area contributed by atoms with Crippen LogP contribution in [0.15, 0.2) is 48.0 Å². The number of nitrogens with zero attached hydrogens (tertiary/aromatic N) is 1. The van der Waals surface area contributed by atoms with E-state index in [-0.39, 0.29) is 16.4 Å². The van der Waals surface area contributed by atoms with Gasteiger partial charge in [-0.3, -0.25) is 14.9 Å². The molecule has 0 atom stereocenters. The fourth-order valence-corrected chi connectivity index (χ4v) is 2.99. The van der Waals surface area contributed by atoms with Gasteiger partial charge in [0.15, 0.2) is 5.78 Å². The van der Waals surface area contributed by atoms with Crippen molar-refractivity contribution in [3.8, 4) is 0 Å². The van der Waals surface area contributed by atoms with Gasteiger partial charge in [-0.1, -0.05) is 43.3 Å². The highest BCUT2D eigenvalue weighted by Gasteiger charge is 2.21. The van der Waals surface area contributed by atoms with E-state index in [4.69, 9.17) is 0 Å². The van der Waals surface area contributed by atoms with Crippen molar-refractivity contribution in [1.29, 1.82) is 0 Å². The lowest BCUT2D eigenvalue weighted by atomic mass is 9.86. The number of hydrogen-bond donors (Lipinski definition) is 0. The van der Waals surface area contributed by atoms with Crippen molar-refractivity contribution in [3.63, 3.8) is 0 Å². The van der Waals surface area contributed by atoms with Crippen molar-refractivity contribution in [2.75, 3.05) is 0 Å². The van der Waals surface area contributed by atoms with E-state index in [1.165, 1.54) is 0 Å². The molecule has 0 fully saturated rings. The van der Waals surface area contributed by atoms with Gasteiger partial charge in [-0.15, -0.1) is 0 Å². The number of Topliss-reactive ketones (excluding diaryl/α,β-unsaturated/α-hetero) is 1. The Balaban J connectivity index is 1.98. The first-order valence-corrected chi connectivity index (χ1v) is 7.70. The summed E-state index contributed by atoms with van der Waals surface area (Å²) in [5.41, 5.74) is 4.05. The number of carbonyl (C=O) groups excluding carboxylic acids is 1. The fourth-order valence-electron chi connectivity index (χ4n) is 2.99. The number of nitro groups is 1. The second-order valence-corrected chi connectivity index (χ2v) is 5.65. The standard InChI is InChI=1S/C19H17NO3/c1-2-14-8-7-13(12-18(14)20(22)23)11-16-10-9-15-5-3-4-6-17(15)19(16)21/h3-8,11-12H,2,9-10H2,1H3/b16-11+. The van der Waals surface area contributed by atoms with Gasteiger partial charge in [0.25, 0.3) is 5.69 Å². The number of aryl methyl sites for hydroxylation is 2. The smallest absolute Gasteiger partial charge is 0.273 e. The summed E-state index contributed by atoms with van der Waals surface area (Å²) < 4.78 is 0. The van der Waals surface area contributed by atoms with Crippen LogP contribution in [0.3, 0.4) is 0 Å². The third kappa shape index (κ3) is 2.93. The van der Waals surface area contributed by atoms with Crippen LogP contribution in [0.1, 0.15) is 40.4 Å². The summed E-state index contributed by atoms with van der Waals surface area (Å²) in [7, 11) is 0. The van der Waals surface area contributed by atoms with E-state index in [1.54, 1.807) is 18.2 Å². The molecule has 116 valence electrons. The van der Waals surface area contributed by atoms with E-state index in [9.17, 15) is 14.9 Å². The zero-order valence-corrected chi connectivity index (χ0v) is 12.9. The van der Waals surface area contributed by atoms with Crippen LogP contribution in [0.4, 0.5) is 5.69 Å². The van der Waals surface area contributed by atoms with Crippen molar-refractivity contribution in [3.05, 3.63) is 80.4 Å². The molecule has 0 aromatic heterocycles. The minimum Gasteiger partial charge on any atom is -0.289 e. The molecule has 1 aliphatic carbocycles. The largest absolute Gasteiger partial charge is 0.289 e. The van der Waals surface area contributed by atoms with E-state index in [0.29, 0.717) is 29.5 Å². The quantitative estimate of drug-likeness (QED) is 0.480. The highest BCUT2D eigenvalue weighted by Crippen LogP contribution is 2.28. The van der Waals surface area contributed by atoms with Crippen LogP contribution in [-0.4, -0.2) is 10.7 Å². The summed E-state index contributed by atoms with van der Waals surface area (Å²) in [5.74, 6) is 0.0223. The fraction of sp³-hybridized carbons (Fsp3) is 0.211. The molecule has 0 saturated heterocycles. The molecule has 0 heterocycles. The topological polar surface area (TPSA) is 60.2 Å². The molecule has 0 saturated carbocycles. The first-order chi connectivity index (χ1) is 11.1. The number of fused-ring (bicyclic) bond motifs is 1. The van der Waals surface area contributed by atoms with Gasteiger partial charge < -0.3 is 0 Å². The maximum absolute atomic E-state index is 12.6. The van der Waals surface area contributed by atoms with Crippen molar-refractivity contribution in [1.82, 2.24) is 0 Å².